The lowest BCUT2D eigenvalue weighted by molar-refractivity contribution is 0.0551. The summed E-state index contributed by atoms with van der Waals surface area (Å²) in [5, 5.41) is 4.11. The van der Waals surface area contributed by atoms with E-state index in [0.29, 0.717) is 36.9 Å². The third kappa shape index (κ3) is 4.70. The van der Waals surface area contributed by atoms with E-state index >= 15 is 0 Å². The molecule has 8 heteroatoms. The number of halogens is 1. The van der Waals surface area contributed by atoms with Crippen LogP contribution in [0.15, 0.2) is 59.1 Å². The van der Waals surface area contributed by atoms with E-state index in [0.717, 1.165) is 24.2 Å². The molecule has 0 bridgehead atoms. The van der Waals surface area contributed by atoms with Crippen molar-refractivity contribution in [3.8, 4) is 11.4 Å². The fraction of sp³-hybridized carbons (Fsp3) is 0.318. The quantitative estimate of drug-likeness (QED) is 0.672. The number of amides is 1. The summed E-state index contributed by atoms with van der Waals surface area (Å²) in [6.07, 6.45) is 0. The Labute approximate surface area is 182 Å². The summed E-state index contributed by atoms with van der Waals surface area (Å²) in [6.45, 7) is 5.40. The molecule has 2 heterocycles. The number of benzene rings is 2. The maximum Gasteiger partial charge on any atom is 0.253 e. The minimum Gasteiger partial charge on any atom is -0.337 e. The predicted octanol–water partition coefficient (Wildman–Crippen LogP) is 3.14. The van der Waals surface area contributed by atoms with Gasteiger partial charge in [0.1, 0.15) is 0 Å². The molecule has 0 radical (unpaired) electrons. The number of aromatic nitrogens is 2. The molecule has 1 unspecified atom stereocenters. The van der Waals surface area contributed by atoms with Gasteiger partial charge < -0.3 is 15.2 Å². The molecule has 1 atom stereocenters. The molecule has 3 aromatic rings. The van der Waals surface area contributed by atoms with Gasteiger partial charge in [-0.2, -0.15) is 4.98 Å². The first-order valence-corrected chi connectivity index (χ1v) is 9.87. The molecule has 158 valence electrons. The summed E-state index contributed by atoms with van der Waals surface area (Å²) < 4.78 is 5.51. The van der Waals surface area contributed by atoms with Gasteiger partial charge in [-0.15, -0.1) is 12.4 Å². The first kappa shape index (κ1) is 22.0. The van der Waals surface area contributed by atoms with Crippen molar-refractivity contribution >= 4 is 18.3 Å². The molecule has 0 aliphatic carbocycles. The van der Waals surface area contributed by atoms with Crippen LogP contribution in [-0.2, 0) is 6.54 Å². The molecule has 1 saturated heterocycles. The molecule has 1 aliphatic heterocycles. The van der Waals surface area contributed by atoms with E-state index < -0.39 is 0 Å². The molecular weight excluding hydrogens is 402 g/mol. The Balaban J connectivity index is 0.00000256. The molecule has 2 aromatic carbocycles. The first-order valence-electron chi connectivity index (χ1n) is 9.87. The summed E-state index contributed by atoms with van der Waals surface area (Å²) in [5.74, 6) is 1.26. The van der Waals surface area contributed by atoms with Gasteiger partial charge in [0.25, 0.3) is 5.91 Å². The third-order valence-electron chi connectivity index (χ3n) is 5.42. The summed E-state index contributed by atoms with van der Waals surface area (Å²) >= 11 is 0. The second kappa shape index (κ2) is 9.84. The molecule has 1 aromatic heterocycles. The van der Waals surface area contributed by atoms with Crippen LogP contribution in [-0.4, -0.2) is 52.0 Å². The highest BCUT2D eigenvalue weighted by Gasteiger charge is 2.28. The molecule has 30 heavy (non-hydrogen) atoms. The van der Waals surface area contributed by atoms with Crippen LogP contribution >= 0.6 is 12.4 Å². The highest BCUT2D eigenvalue weighted by Crippen LogP contribution is 2.23. The number of nitrogens with zero attached hydrogens (tertiary/aromatic N) is 4. The average molecular weight is 428 g/mol. The molecular formula is C22H26ClN5O2. The Bertz CT molecular complexity index is 953. The van der Waals surface area contributed by atoms with Crippen LogP contribution < -0.4 is 5.73 Å². The lowest BCUT2D eigenvalue weighted by atomic mass is 10.1. The van der Waals surface area contributed by atoms with Crippen molar-refractivity contribution in [2.75, 3.05) is 26.2 Å². The zero-order chi connectivity index (χ0) is 20.2. The number of piperazine rings is 1. The van der Waals surface area contributed by atoms with E-state index in [1.54, 1.807) is 0 Å². The normalized spacial score (nSPS) is 15.5. The van der Waals surface area contributed by atoms with E-state index in [4.69, 9.17) is 10.3 Å². The van der Waals surface area contributed by atoms with Gasteiger partial charge in [-0.05, 0) is 24.6 Å². The smallest absolute Gasteiger partial charge is 0.253 e. The highest BCUT2D eigenvalue weighted by atomic mass is 35.5. The van der Waals surface area contributed by atoms with E-state index in [-0.39, 0.29) is 24.4 Å². The SMILES string of the molecule is CC(c1nc(-c2ccccc2)no1)N1CCN(C(=O)c2ccc(CN)cc2)CC1.Cl. The molecule has 1 fully saturated rings. The predicted molar refractivity (Wildman–Crippen MR) is 117 cm³/mol. The Morgan fingerprint density at radius 1 is 1.07 bits per heavy atom. The van der Waals surface area contributed by atoms with Gasteiger partial charge in [0, 0.05) is 43.9 Å². The van der Waals surface area contributed by atoms with Crippen LogP contribution in [0, 0.1) is 0 Å². The third-order valence-corrected chi connectivity index (χ3v) is 5.42. The number of carbonyl (C=O) groups excluding carboxylic acids is 1. The zero-order valence-electron chi connectivity index (χ0n) is 16.9. The van der Waals surface area contributed by atoms with Crippen molar-refractivity contribution in [2.24, 2.45) is 5.73 Å². The number of hydrogen-bond donors (Lipinski definition) is 1. The fourth-order valence-corrected chi connectivity index (χ4v) is 3.54. The van der Waals surface area contributed by atoms with Crippen molar-refractivity contribution in [3.63, 3.8) is 0 Å². The van der Waals surface area contributed by atoms with Gasteiger partial charge in [-0.1, -0.05) is 47.6 Å². The van der Waals surface area contributed by atoms with Crippen LogP contribution in [0.4, 0.5) is 0 Å². The summed E-state index contributed by atoms with van der Waals surface area (Å²) in [5.41, 5.74) is 8.29. The minimum atomic E-state index is 0. The standard InChI is InChI=1S/C22H25N5O2.ClH/c1-16(21-24-20(25-29-21)18-5-3-2-4-6-18)26-11-13-27(14-12-26)22(28)19-9-7-17(15-23)8-10-19;/h2-10,16H,11-15,23H2,1H3;1H. The van der Waals surface area contributed by atoms with Crippen molar-refractivity contribution in [1.29, 1.82) is 0 Å². The van der Waals surface area contributed by atoms with Crippen molar-refractivity contribution in [2.45, 2.75) is 19.5 Å². The van der Waals surface area contributed by atoms with E-state index in [1.807, 2.05) is 59.5 Å². The Morgan fingerprint density at radius 2 is 1.73 bits per heavy atom. The summed E-state index contributed by atoms with van der Waals surface area (Å²) in [6, 6.07) is 17.3. The van der Waals surface area contributed by atoms with Crippen LogP contribution in [0.1, 0.15) is 34.8 Å². The first-order chi connectivity index (χ1) is 14.2. The lowest BCUT2D eigenvalue weighted by Gasteiger charge is -2.36. The minimum absolute atomic E-state index is 0. The molecule has 0 saturated carbocycles. The summed E-state index contributed by atoms with van der Waals surface area (Å²) in [7, 11) is 0. The average Bonchev–Trinajstić information content (AvgIpc) is 3.29. The Morgan fingerprint density at radius 3 is 2.37 bits per heavy atom. The molecule has 2 N–H and O–H groups in total. The van der Waals surface area contributed by atoms with Crippen molar-refractivity contribution in [3.05, 3.63) is 71.6 Å². The zero-order valence-corrected chi connectivity index (χ0v) is 17.7. The van der Waals surface area contributed by atoms with Crippen LogP contribution in [0.3, 0.4) is 0 Å². The maximum atomic E-state index is 12.7. The molecule has 0 spiro atoms. The highest BCUT2D eigenvalue weighted by molar-refractivity contribution is 5.94. The Hall–Kier alpha value is -2.74. The van der Waals surface area contributed by atoms with Gasteiger partial charge in [0.2, 0.25) is 11.7 Å². The largest absolute Gasteiger partial charge is 0.337 e. The summed E-state index contributed by atoms with van der Waals surface area (Å²) in [4.78, 5) is 21.5. The molecule has 4 rings (SSSR count). The molecule has 1 amide bonds. The van der Waals surface area contributed by atoms with Gasteiger partial charge in [0.15, 0.2) is 0 Å². The van der Waals surface area contributed by atoms with E-state index in [1.165, 1.54) is 0 Å². The fourth-order valence-electron chi connectivity index (χ4n) is 3.54. The molecule has 7 nitrogen and oxygen atoms in total. The number of hydrogen-bond acceptors (Lipinski definition) is 6. The number of nitrogens with two attached hydrogens (primary N) is 1. The number of carbonyl (C=O) groups is 1. The van der Waals surface area contributed by atoms with E-state index in [2.05, 4.69) is 22.0 Å². The van der Waals surface area contributed by atoms with Gasteiger partial charge in [-0.3, -0.25) is 9.69 Å². The second-order valence-corrected chi connectivity index (χ2v) is 7.23. The van der Waals surface area contributed by atoms with Crippen LogP contribution in [0.5, 0.6) is 0 Å². The van der Waals surface area contributed by atoms with Crippen molar-refractivity contribution < 1.29 is 9.32 Å². The van der Waals surface area contributed by atoms with Gasteiger partial charge in [0.05, 0.1) is 6.04 Å². The topological polar surface area (TPSA) is 88.5 Å². The van der Waals surface area contributed by atoms with E-state index in [9.17, 15) is 4.79 Å². The monoisotopic (exact) mass is 427 g/mol. The lowest BCUT2D eigenvalue weighted by Crippen LogP contribution is -2.49. The van der Waals surface area contributed by atoms with Gasteiger partial charge >= 0.3 is 0 Å². The number of rotatable bonds is 5. The van der Waals surface area contributed by atoms with Crippen molar-refractivity contribution in [1.82, 2.24) is 19.9 Å². The van der Waals surface area contributed by atoms with Crippen LogP contribution in [0.25, 0.3) is 11.4 Å². The molecule has 1 aliphatic rings. The Kier molecular flexibility index (Phi) is 7.20. The second-order valence-electron chi connectivity index (χ2n) is 7.23. The maximum absolute atomic E-state index is 12.7. The van der Waals surface area contributed by atoms with Crippen LogP contribution in [0.2, 0.25) is 0 Å². The van der Waals surface area contributed by atoms with Gasteiger partial charge in [-0.25, -0.2) is 0 Å².